The number of thioether (sulfide) groups is 1. The van der Waals surface area contributed by atoms with Crippen molar-refractivity contribution in [3.63, 3.8) is 0 Å². The lowest BCUT2D eigenvalue weighted by Crippen LogP contribution is -2.38. The van der Waals surface area contributed by atoms with Crippen molar-refractivity contribution in [3.05, 3.63) is 23.8 Å². The van der Waals surface area contributed by atoms with Gasteiger partial charge in [0.05, 0.1) is 12.8 Å². The molecular formula is C15H22N2O2S. The van der Waals surface area contributed by atoms with Crippen LogP contribution in [0.1, 0.15) is 36.0 Å². The van der Waals surface area contributed by atoms with Crippen molar-refractivity contribution in [3.8, 4) is 5.75 Å². The average molecular weight is 294 g/mol. The third-order valence-electron chi connectivity index (χ3n) is 3.83. The number of nitrogens with two attached hydrogens (primary N) is 1. The highest BCUT2D eigenvalue weighted by Gasteiger charge is 2.22. The first kappa shape index (κ1) is 15.0. The van der Waals surface area contributed by atoms with Crippen molar-refractivity contribution in [1.29, 1.82) is 0 Å². The van der Waals surface area contributed by atoms with Crippen LogP contribution in [0.15, 0.2) is 18.2 Å². The van der Waals surface area contributed by atoms with Gasteiger partial charge < -0.3 is 15.8 Å². The van der Waals surface area contributed by atoms with E-state index >= 15 is 0 Å². The number of amides is 1. The Balaban J connectivity index is 1.93. The van der Waals surface area contributed by atoms with Crippen molar-refractivity contribution < 1.29 is 9.53 Å². The molecule has 2 rings (SSSR count). The van der Waals surface area contributed by atoms with Gasteiger partial charge in [0.25, 0.3) is 5.91 Å². The van der Waals surface area contributed by atoms with E-state index in [1.165, 1.54) is 12.8 Å². The number of ether oxygens (including phenoxy) is 1. The lowest BCUT2D eigenvalue weighted by atomic mass is 9.94. The molecule has 0 spiro atoms. The summed E-state index contributed by atoms with van der Waals surface area (Å²) in [5, 5.41) is 3.85. The minimum Gasteiger partial charge on any atom is -0.495 e. The molecular weight excluding hydrogens is 272 g/mol. The predicted octanol–water partition coefficient (Wildman–Crippen LogP) is 2.68. The van der Waals surface area contributed by atoms with Crippen LogP contribution in [0.5, 0.6) is 5.75 Å². The van der Waals surface area contributed by atoms with Crippen molar-refractivity contribution in [2.75, 3.05) is 19.1 Å². The first-order chi connectivity index (χ1) is 9.63. The smallest absolute Gasteiger partial charge is 0.251 e. The summed E-state index contributed by atoms with van der Waals surface area (Å²) in [4.78, 5) is 12.2. The van der Waals surface area contributed by atoms with E-state index in [0.717, 1.165) is 18.1 Å². The van der Waals surface area contributed by atoms with Gasteiger partial charge >= 0.3 is 0 Å². The number of hydrogen-bond acceptors (Lipinski definition) is 4. The molecule has 20 heavy (non-hydrogen) atoms. The maximum atomic E-state index is 12.2. The zero-order valence-electron chi connectivity index (χ0n) is 12.0. The van der Waals surface area contributed by atoms with Crippen LogP contribution in [0.2, 0.25) is 0 Å². The van der Waals surface area contributed by atoms with E-state index < -0.39 is 0 Å². The third kappa shape index (κ3) is 3.60. The second-order valence-electron chi connectivity index (χ2n) is 5.14. The van der Waals surface area contributed by atoms with E-state index in [9.17, 15) is 4.79 Å². The summed E-state index contributed by atoms with van der Waals surface area (Å²) in [5.41, 5.74) is 6.92. The van der Waals surface area contributed by atoms with Crippen molar-refractivity contribution in [1.82, 2.24) is 5.32 Å². The molecule has 1 saturated carbocycles. The van der Waals surface area contributed by atoms with Crippen LogP contribution < -0.4 is 15.8 Å². The predicted molar refractivity (Wildman–Crippen MR) is 84.4 cm³/mol. The second-order valence-corrected chi connectivity index (χ2v) is 6.28. The van der Waals surface area contributed by atoms with Gasteiger partial charge in [-0.3, -0.25) is 4.79 Å². The Morgan fingerprint density at radius 2 is 2.05 bits per heavy atom. The van der Waals surface area contributed by atoms with Gasteiger partial charge in [0, 0.05) is 16.9 Å². The van der Waals surface area contributed by atoms with Gasteiger partial charge in [-0.2, -0.15) is 11.8 Å². The summed E-state index contributed by atoms with van der Waals surface area (Å²) >= 11 is 1.93. The van der Waals surface area contributed by atoms with Gasteiger partial charge in [-0.05, 0) is 50.1 Å². The summed E-state index contributed by atoms with van der Waals surface area (Å²) < 4.78 is 5.09. The molecule has 0 radical (unpaired) electrons. The molecule has 0 bridgehead atoms. The van der Waals surface area contributed by atoms with E-state index in [0.29, 0.717) is 17.0 Å². The molecule has 1 aromatic carbocycles. The zero-order valence-corrected chi connectivity index (χ0v) is 12.8. The highest BCUT2D eigenvalue weighted by molar-refractivity contribution is 7.99. The van der Waals surface area contributed by atoms with Gasteiger partial charge in [-0.25, -0.2) is 0 Å². The molecule has 0 aliphatic heterocycles. The number of hydrogen-bond donors (Lipinski definition) is 2. The number of carbonyl (C=O) groups excluding carboxylic acids is 1. The molecule has 0 unspecified atom stereocenters. The van der Waals surface area contributed by atoms with E-state index in [2.05, 4.69) is 11.6 Å². The molecule has 110 valence electrons. The first-order valence-corrected chi connectivity index (χ1v) is 8.20. The Hall–Kier alpha value is -1.36. The standard InChI is InChI=1S/C15H22N2O2S/c1-19-14-8-3-10(9-13(14)16)15(18)17-11-4-6-12(20-2)7-5-11/h3,8-9,11-12H,4-7,16H2,1-2H3,(H,17,18). The fourth-order valence-electron chi connectivity index (χ4n) is 2.59. The van der Waals surface area contributed by atoms with Crippen LogP contribution in [0.3, 0.4) is 0 Å². The molecule has 0 atom stereocenters. The maximum Gasteiger partial charge on any atom is 0.251 e. The SMILES string of the molecule is COc1ccc(C(=O)NC2CCC(SC)CC2)cc1N. The number of rotatable bonds is 4. The highest BCUT2D eigenvalue weighted by Crippen LogP contribution is 2.27. The number of benzene rings is 1. The summed E-state index contributed by atoms with van der Waals surface area (Å²) in [6.45, 7) is 0. The van der Waals surface area contributed by atoms with Crippen molar-refractivity contribution in [2.24, 2.45) is 0 Å². The summed E-state index contributed by atoms with van der Waals surface area (Å²) in [7, 11) is 1.57. The van der Waals surface area contributed by atoms with Crippen LogP contribution in [0.4, 0.5) is 5.69 Å². The molecule has 1 aliphatic carbocycles. The summed E-state index contributed by atoms with van der Waals surface area (Å²) in [5.74, 6) is 0.550. The molecule has 3 N–H and O–H groups in total. The number of nitrogens with one attached hydrogen (secondary N) is 1. The fraction of sp³-hybridized carbons (Fsp3) is 0.533. The number of nitrogen functional groups attached to an aromatic ring is 1. The molecule has 0 heterocycles. The van der Waals surface area contributed by atoms with Gasteiger partial charge in [-0.15, -0.1) is 0 Å². The Bertz CT molecular complexity index is 471. The van der Waals surface area contributed by atoms with Gasteiger partial charge in [0.2, 0.25) is 0 Å². The minimum atomic E-state index is -0.0491. The largest absolute Gasteiger partial charge is 0.495 e. The fourth-order valence-corrected chi connectivity index (χ4v) is 3.33. The van der Waals surface area contributed by atoms with Crippen LogP contribution in [-0.2, 0) is 0 Å². The lowest BCUT2D eigenvalue weighted by molar-refractivity contribution is 0.0928. The van der Waals surface area contributed by atoms with Crippen molar-refractivity contribution in [2.45, 2.75) is 37.0 Å². The topological polar surface area (TPSA) is 64.3 Å². The molecule has 1 aliphatic rings. The minimum absolute atomic E-state index is 0.0491. The monoisotopic (exact) mass is 294 g/mol. The van der Waals surface area contributed by atoms with Crippen LogP contribution in [0.25, 0.3) is 0 Å². The van der Waals surface area contributed by atoms with Crippen LogP contribution in [-0.4, -0.2) is 30.6 Å². The number of methoxy groups -OCH3 is 1. The van der Waals surface area contributed by atoms with E-state index in [1.54, 1.807) is 25.3 Å². The quantitative estimate of drug-likeness (QED) is 0.838. The molecule has 1 aromatic rings. The Morgan fingerprint density at radius 3 is 2.60 bits per heavy atom. The second kappa shape index (κ2) is 6.88. The van der Waals surface area contributed by atoms with E-state index in [1.807, 2.05) is 11.8 Å². The summed E-state index contributed by atoms with van der Waals surface area (Å²) in [6.07, 6.45) is 6.63. The molecule has 0 aromatic heterocycles. The Labute approximate surface area is 124 Å². The first-order valence-electron chi connectivity index (χ1n) is 6.91. The molecule has 1 fully saturated rings. The van der Waals surface area contributed by atoms with Crippen LogP contribution in [0, 0.1) is 0 Å². The third-order valence-corrected chi connectivity index (χ3v) is 4.97. The lowest BCUT2D eigenvalue weighted by Gasteiger charge is -2.28. The normalized spacial score (nSPS) is 22.3. The zero-order chi connectivity index (χ0) is 14.5. The summed E-state index contributed by atoms with van der Waals surface area (Å²) in [6, 6.07) is 5.43. The average Bonchev–Trinajstić information content (AvgIpc) is 2.48. The van der Waals surface area contributed by atoms with Gasteiger partial charge in [0.1, 0.15) is 5.75 Å². The molecule has 5 heteroatoms. The highest BCUT2D eigenvalue weighted by atomic mass is 32.2. The molecule has 0 saturated heterocycles. The Morgan fingerprint density at radius 1 is 1.35 bits per heavy atom. The van der Waals surface area contributed by atoms with E-state index in [-0.39, 0.29) is 11.9 Å². The number of carbonyl (C=O) groups is 1. The maximum absolute atomic E-state index is 12.2. The van der Waals surface area contributed by atoms with E-state index in [4.69, 9.17) is 10.5 Å². The molecule has 4 nitrogen and oxygen atoms in total. The van der Waals surface area contributed by atoms with Gasteiger partial charge in [0.15, 0.2) is 0 Å². The molecule has 1 amide bonds. The van der Waals surface area contributed by atoms with Crippen LogP contribution >= 0.6 is 11.8 Å². The van der Waals surface area contributed by atoms with Crippen molar-refractivity contribution >= 4 is 23.4 Å². The Kier molecular flexibility index (Phi) is 5.17. The van der Waals surface area contributed by atoms with Gasteiger partial charge in [-0.1, -0.05) is 0 Å². The number of anilines is 1.